The minimum atomic E-state index is -0.853. The molecule has 1 aromatic carbocycles. The van der Waals surface area contributed by atoms with Gasteiger partial charge in [-0.1, -0.05) is 6.42 Å². The molecule has 3 N–H and O–H groups in total. The number of nitrogens with zero attached hydrogens (tertiary/aromatic N) is 4. The van der Waals surface area contributed by atoms with Gasteiger partial charge in [0.05, 0.1) is 17.2 Å². The SMILES string of the molecule is NC(=O)[C@H]1CC[C@H](n2/c(=N/C(=O)c3cc(F)cc(F)c3)[nH]c3cnc(OCCN4CCCCC4)cc32)CC1. The van der Waals surface area contributed by atoms with E-state index < -0.39 is 17.5 Å². The van der Waals surface area contributed by atoms with Crippen LogP contribution in [0.25, 0.3) is 11.0 Å². The molecule has 38 heavy (non-hydrogen) atoms. The summed E-state index contributed by atoms with van der Waals surface area (Å²) < 4.78 is 35.3. The summed E-state index contributed by atoms with van der Waals surface area (Å²) in [7, 11) is 0. The quantitative estimate of drug-likeness (QED) is 0.489. The second-order valence-electron chi connectivity index (χ2n) is 10.1. The molecule has 0 spiro atoms. The molecule has 11 heteroatoms. The van der Waals surface area contributed by atoms with Gasteiger partial charge in [-0.25, -0.2) is 13.8 Å². The minimum absolute atomic E-state index is 0.0706. The molecule has 3 heterocycles. The number of likely N-dealkylation sites (tertiary alicyclic amines) is 1. The van der Waals surface area contributed by atoms with Gasteiger partial charge in [0, 0.05) is 36.2 Å². The maximum absolute atomic E-state index is 13.7. The first-order chi connectivity index (χ1) is 18.4. The third kappa shape index (κ3) is 5.93. The van der Waals surface area contributed by atoms with E-state index in [2.05, 4.69) is 19.9 Å². The number of halogens is 2. The second-order valence-corrected chi connectivity index (χ2v) is 10.1. The number of benzene rings is 1. The maximum Gasteiger partial charge on any atom is 0.280 e. The van der Waals surface area contributed by atoms with Gasteiger partial charge in [-0.15, -0.1) is 0 Å². The van der Waals surface area contributed by atoms with Crippen LogP contribution in [-0.4, -0.2) is 57.5 Å². The molecule has 1 saturated carbocycles. The first kappa shape index (κ1) is 26.0. The molecule has 1 aliphatic heterocycles. The molecule has 9 nitrogen and oxygen atoms in total. The van der Waals surface area contributed by atoms with Gasteiger partial charge >= 0.3 is 0 Å². The average Bonchev–Trinajstić information content (AvgIpc) is 3.25. The van der Waals surface area contributed by atoms with Crippen LogP contribution in [0.1, 0.15) is 61.3 Å². The second kappa shape index (κ2) is 11.4. The molecular weight excluding hydrogens is 494 g/mol. The fourth-order valence-corrected chi connectivity index (χ4v) is 5.47. The third-order valence-electron chi connectivity index (χ3n) is 7.48. The van der Waals surface area contributed by atoms with Crippen molar-refractivity contribution in [2.24, 2.45) is 16.6 Å². The highest BCUT2D eigenvalue weighted by molar-refractivity contribution is 5.95. The van der Waals surface area contributed by atoms with Crippen LogP contribution in [-0.2, 0) is 4.79 Å². The van der Waals surface area contributed by atoms with Crippen molar-refractivity contribution in [3.8, 4) is 5.88 Å². The van der Waals surface area contributed by atoms with Crippen molar-refractivity contribution in [1.29, 1.82) is 0 Å². The van der Waals surface area contributed by atoms with Gasteiger partial charge in [-0.2, -0.15) is 4.99 Å². The number of primary amides is 1. The Bertz CT molecular complexity index is 1370. The number of piperidine rings is 1. The van der Waals surface area contributed by atoms with E-state index in [0.29, 0.717) is 49.8 Å². The van der Waals surface area contributed by atoms with E-state index in [1.807, 2.05) is 10.6 Å². The van der Waals surface area contributed by atoms with Gasteiger partial charge in [0.25, 0.3) is 5.91 Å². The smallest absolute Gasteiger partial charge is 0.280 e. The van der Waals surface area contributed by atoms with E-state index in [1.165, 1.54) is 19.3 Å². The Morgan fingerprint density at radius 3 is 2.45 bits per heavy atom. The Morgan fingerprint density at radius 1 is 1.05 bits per heavy atom. The Hall–Kier alpha value is -3.60. The number of pyridine rings is 1. The Labute approximate surface area is 218 Å². The van der Waals surface area contributed by atoms with Gasteiger partial charge in [0.15, 0.2) is 0 Å². The average molecular weight is 527 g/mol. The number of carbonyl (C=O) groups excluding carboxylic acids is 2. The summed E-state index contributed by atoms with van der Waals surface area (Å²) in [6.45, 7) is 3.49. The Morgan fingerprint density at radius 2 is 1.76 bits per heavy atom. The molecule has 2 aliphatic rings. The summed E-state index contributed by atoms with van der Waals surface area (Å²) in [6, 6.07) is 4.35. The van der Waals surface area contributed by atoms with Crippen molar-refractivity contribution in [2.75, 3.05) is 26.2 Å². The van der Waals surface area contributed by atoms with E-state index >= 15 is 0 Å². The molecule has 0 atom stereocenters. The topological polar surface area (TPSA) is 119 Å². The summed E-state index contributed by atoms with van der Waals surface area (Å²) in [6.07, 6.45) is 7.86. The standard InChI is InChI=1S/C27H32F2N6O3/c28-19-12-18(13-20(29)14-19)26(37)33-27-32-22-16-31-24(38-11-10-34-8-2-1-3-9-34)15-23(22)35(27)21-6-4-17(5-7-21)25(30)36/h12-17,21H,1-11H2,(H2,30,36)(H,32,33,37)/t17-,21-. The first-order valence-corrected chi connectivity index (χ1v) is 13.2. The minimum Gasteiger partial charge on any atom is -0.476 e. The maximum atomic E-state index is 13.7. The van der Waals surface area contributed by atoms with E-state index in [0.717, 1.165) is 37.3 Å². The van der Waals surface area contributed by atoms with Crippen LogP contribution in [0.15, 0.2) is 35.5 Å². The number of amides is 2. The molecule has 0 radical (unpaired) electrons. The van der Waals surface area contributed by atoms with E-state index in [1.54, 1.807) is 6.20 Å². The molecule has 202 valence electrons. The number of hydrogen-bond donors (Lipinski definition) is 2. The number of carbonyl (C=O) groups is 2. The van der Waals surface area contributed by atoms with Crippen molar-refractivity contribution in [3.05, 3.63) is 53.3 Å². The number of rotatable bonds is 7. The van der Waals surface area contributed by atoms with Crippen molar-refractivity contribution >= 4 is 22.8 Å². The fraction of sp³-hybridized carbons (Fsp3) is 0.481. The van der Waals surface area contributed by atoms with E-state index in [-0.39, 0.29) is 29.0 Å². The number of imidazole rings is 1. The van der Waals surface area contributed by atoms with Gasteiger partial charge in [-0.05, 0) is 63.7 Å². The highest BCUT2D eigenvalue weighted by Gasteiger charge is 2.28. The highest BCUT2D eigenvalue weighted by atomic mass is 19.1. The van der Waals surface area contributed by atoms with Crippen molar-refractivity contribution in [1.82, 2.24) is 19.4 Å². The number of aromatic nitrogens is 3. The predicted octanol–water partition coefficient (Wildman–Crippen LogP) is 3.47. The normalized spacial score (nSPS) is 21.1. The van der Waals surface area contributed by atoms with Crippen molar-refractivity contribution < 1.29 is 23.1 Å². The third-order valence-corrected chi connectivity index (χ3v) is 7.48. The van der Waals surface area contributed by atoms with Crippen molar-refractivity contribution in [2.45, 2.75) is 51.0 Å². The van der Waals surface area contributed by atoms with Crippen LogP contribution in [0.5, 0.6) is 5.88 Å². The van der Waals surface area contributed by atoms with Crippen LogP contribution in [0.2, 0.25) is 0 Å². The Kier molecular flexibility index (Phi) is 7.82. The molecule has 0 unspecified atom stereocenters. The molecule has 3 aromatic rings. The molecule has 1 saturated heterocycles. The van der Waals surface area contributed by atoms with E-state index in [4.69, 9.17) is 10.5 Å². The summed E-state index contributed by atoms with van der Waals surface area (Å²) in [5.74, 6) is -2.53. The number of ether oxygens (including phenoxy) is 1. The summed E-state index contributed by atoms with van der Waals surface area (Å²) in [5.41, 5.74) is 6.96. The summed E-state index contributed by atoms with van der Waals surface area (Å²) in [4.78, 5) is 38.7. The van der Waals surface area contributed by atoms with Gasteiger partial charge in [-0.3, -0.25) is 14.5 Å². The molecule has 5 rings (SSSR count). The fourth-order valence-electron chi connectivity index (χ4n) is 5.47. The van der Waals surface area contributed by atoms with Gasteiger partial charge in [0.2, 0.25) is 17.4 Å². The molecule has 0 bridgehead atoms. The van der Waals surface area contributed by atoms with Gasteiger partial charge in [0.1, 0.15) is 18.2 Å². The Balaban J connectivity index is 1.46. The molecule has 1 aliphatic carbocycles. The zero-order valence-electron chi connectivity index (χ0n) is 21.2. The predicted molar refractivity (Wildman–Crippen MR) is 136 cm³/mol. The lowest BCUT2D eigenvalue weighted by molar-refractivity contribution is -0.122. The summed E-state index contributed by atoms with van der Waals surface area (Å²) in [5, 5.41) is 0. The first-order valence-electron chi connectivity index (χ1n) is 13.2. The largest absolute Gasteiger partial charge is 0.476 e. The van der Waals surface area contributed by atoms with E-state index in [9.17, 15) is 18.4 Å². The lowest BCUT2D eigenvalue weighted by atomic mass is 9.85. The molecule has 2 aromatic heterocycles. The number of aromatic amines is 1. The van der Waals surface area contributed by atoms with Crippen LogP contribution in [0.3, 0.4) is 0 Å². The number of hydrogen-bond acceptors (Lipinski definition) is 5. The van der Waals surface area contributed by atoms with Gasteiger partial charge < -0.3 is 20.0 Å². The molecular formula is C27H32F2N6O3. The molecule has 2 amide bonds. The number of nitrogens with two attached hydrogens (primary N) is 1. The monoisotopic (exact) mass is 526 g/mol. The highest BCUT2D eigenvalue weighted by Crippen LogP contribution is 2.33. The number of fused-ring (bicyclic) bond motifs is 1. The van der Waals surface area contributed by atoms with Crippen LogP contribution in [0, 0.1) is 17.6 Å². The molecule has 2 fully saturated rings. The van der Waals surface area contributed by atoms with Crippen molar-refractivity contribution in [3.63, 3.8) is 0 Å². The van der Waals surface area contributed by atoms with Crippen LogP contribution in [0.4, 0.5) is 8.78 Å². The zero-order chi connectivity index (χ0) is 26.6. The van der Waals surface area contributed by atoms with Crippen LogP contribution < -0.4 is 16.1 Å². The zero-order valence-corrected chi connectivity index (χ0v) is 21.2. The number of H-pyrrole nitrogens is 1. The lowest BCUT2D eigenvalue weighted by Gasteiger charge is -2.28. The lowest BCUT2D eigenvalue weighted by Crippen LogP contribution is -2.33. The summed E-state index contributed by atoms with van der Waals surface area (Å²) >= 11 is 0. The van der Waals surface area contributed by atoms with Crippen LogP contribution >= 0.6 is 0 Å². The number of nitrogens with one attached hydrogen (secondary N) is 1.